The third-order valence-electron chi connectivity index (χ3n) is 6.21. The van der Waals surface area contributed by atoms with Gasteiger partial charge in [0.15, 0.2) is 5.82 Å². The van der Waals surface area contributed by atoms with Gasteiger partial charge in [-0.1, -0.05) is 0 Å². The molecule has 0 bridgehead atoms. The number of H-pyrrole nitrogens is 1. The maximum absolute atomic E-state index is 13.1. The number of carbonyl (C=O) groups is 1. The van der Waals surface area contributed by atoms with E-state index in [0.29, 0.717) is 41.9 Å². The summed E-state index contributed by atoms with van der Waals surface area (Å²) in [6.45, 7) is 4.03. The van der Waals surface area contributed by atoms with Crippen molar-refractivity contribution in [1.29, 1.82) is 0 Å². The van der Waals surface area contributed by atoms with E-state index < -0.39 is 17.6 Å². The number of aliphatic hydroxyl groups is 1. The van der Waals surface area contributed by atoms with Crippen LogP contribution < -0.4 is 15.5 Å². The molecule has 2 aliphatic rings. The Morgan fingerprint density at radius 2 is 2.12 bits per heavy atom. The van der Waals surface area contributed by atoms with Crippen LogP contribution in [0.15, 0.2) is 24.4 Å². The van der Waals surface area contributed by atoms with Gasteiger partial charge in [0.25, 0.3) is 0 Å². The molecule has 178 valence electrons. The zero-order valence-electron chi connectivity index (χ0n) is 19.1. The first-order valence-corrected chi connectivity index (χ1v) is 11.4. The molecule has 1 amide bonds. The molecular formula is C23H27FN8O2. The Kier molecular flexibility index (Phi) is 5.64. The van der Waals surface area contributed by atoms with Gasteiger partial charge in [-0.25, -0.2) is 9.97 Å². The lowest BCUT2D eigenvalue weighted by atomic mass is 10.1. The topological polar surface area (TPSA) is 132 Å². The van der Waals surface area contributed by atoms with Gasteiger partial charge >= 0.3 is 0 Å². The fourth-order valence-corrected chi connectivity index (χ4v) is 4.43. The molecule has 0 saturated carbocycles. The van der Waals surface area contributed by atoms with Crippen molar-refractivity contribution in [2.45, 2.75) is 57.6 Å². The highest BCUT2D eigenvalue weighted by Crippen LogP contribution is 2.33. The van der Waals surface area contributed by atoms with E-state index in [2.05, 4.69) is 25.8 Å². The first-order chi connectivity index (χ1) is 16.3. The van der Waals surface area contributed by atoms with Crippen molar-refractivity contribution in [1.82, 2.24) is 25.1 Å². The smallest absolute Gasteiger partial charge is 0.247 e. The predicted molar refractivity (Wildman–Crippen MR) is 124 cm³/mol. The van der Waals surface area contributed by atoms with E-state index in [9.17, 15) is 14.3 Å². The summed E-state index contributed by atoms with van der Waals surface area (Å²) in [6.07, 6.45) is 5.49. The van der Waals surface area contributed by atoms with Crippen LogP contribution in [0.2, 0.25) is 0 Å². The zero-order valence-corrected chi connectivity index (χ0v) is 19.1. The van der Waals surface area contributed by atoms with Crippen molar-refractivity contribution in [3.63, 3.8) is 0 Å². The van der Waals surface area contributed by atoms with Gasteiger partial charge in [-0.2, -0.15) is 14.5 Å². The second kappa shape index (κ2) is 8.64. The first-order valence-electron chi connectivity index (χ1n) is 11.4. The molecule has 3 aromatic rings. The Morgan fingerprint density at radius 1 is 1.26 bits per heavy atom. The van der Waals surface area contributed by atoms with Gasteiger partial charge < -0.3 is 20.6 Å². The molecule has 4 heterocycles. The van der Waals surface area contributed by atoms with Gasteiger partial charge in [0.2, 0.25) is 17.8 Å². The number of carbonyl (C=O) groups excluding carboxylic acids is 1. The molecule has 0 radical (unpaired) electrons. The number of amides is 1. The molecule has 0 aromatic carbocycles. The average Bonchev–Trinajstić information content (AvgIpc) is 3.55. The van der Waals surface area contributed by atoms with Crippen LogP contribution in [0.5, 0.6) is 0 Å². The molecule has 0 spiro atoms. The van der Waals surface area contributed by atoms with E-state index in [4.69, 9.17) is 9.97 Å². The van der Waals surface area contributed by atoms with E-state index in [0.717, 1.165) is 36.9 Å². The number of hydrogen-bond donors (Lipinski definition) is 4. The van der Waals surface area contributed by atoms with Crippen LogP contribution in [0, 0.1) is 5.95 Å². The second-order valence-corrected chi connectivity index (χ2v) is 9.21. The number of nitrogens with one attached hydrogen (secondary N) is 3. The van der Waals surface area contributed by atoms with Crippen LogP contribution in [-0.2, 0) is 23.2 Å². The monoisotopic (exact) mass is 466 g/mol. The van der Waals surface area contributed by atoms with Crippen LogP contribution in [-0.4, -0.2) is 48.7 Å². The second-order valence-electron chi connectivity index (χ2n) is 9.21. The third kappa shape index (κ3) is 4.43. The van der Waals surface area contributed by atoms with Crippen molar-refractivity contribution in [3.8, 4) is 0 Å². The minimum atomic E-state index is -1.04. The van der Waals surface area contributed by atoms with Crippen molar-refractivity contribution in [2.24, 2.45) is 0 Å². The summed E-state index contributed by atoms with van der Waals surface area (Å²) in [5.74, 6) is 0.914. The minimum Gasteiger partial charge on any atom is -0.384 e. The van der Waals surface area contributed by atoms with Crippen molar-refractivity contribution in [3.05, 3.63) is 47.3 Å². The van der Waals surface area contributed by atoms with E-state index in [-0.39, 0.29) is 5.91 Å². The number of rotatable bonds is 6. The van der Waals surface area contributed by atoms with Gasteiger partial charge in [0.05, 0.1) is 23.3 Å². The Morgan fingerprint density at radius 3 is 2.85 bits per heavy atom. The maximum Gasteiger partial charge on any atom is 0.247 e. The Labute approximate surface area is 196 Å². The van der Waals surface area contributed by atoms with Crippen LogP contribution in [0.4, 0.5) is 27.7 Å². The van der Waals surface area contributed by atoms with Crippen LogP contribution in [0.25, 0.3) is 0 Å². The Hall–Kier alpha value is -3.60. The summed E-state index contributed by atoms with van der Waals surface area (Å²) in [7, 11) is 0. The summed E-state index contributed by atoms with van der Waals surface area (Å²) < 4.78 is 13.1. The summed E-state index contributed by atoms with van der Waals surface area (Å²) in [5, 5.41) is 23.4. The quantitative estimate of drug-likeness (QED) is 0.408. The highest BCUT2D eigenvalue weighted by atomic mass is 19.1. The number of aryl methyl sites for hydroxylation is 1. The summed E-state index contributed by atoms with van der Waals surface area (Å²) in [4.78, 5) is 28.1. The summed E-state index contributed by atoms with van der Waals surface area (Å²) in [6, 6.07) is 4.01. The number of nitrogens with zero attached hydrogens (tertiary/aromatic N) is 5. The van der Waals surface area contributed by atoms with Gasteiger partial charge in [-0.3, -0.25) is 9.89 Å². The highest BCUT2D eigenvalue weighted by molar-refractivity contribution is 5.96. The molecule has 1 saturated heterocycles. The van der Waals surface area contributed by atoms with Gasteiger partial charge in [-0.05, 0) is 58.1 Å². The number of aromatic nitrogens is 5. The molecule has 1 unspecified atom stereocenters. The molecule has 4 N–H and O–H groups in total. The van der Waals surface area contributed by atoms with E-state index in [1.165, 1.54) is 18.3 Å². The Balaban J connectivity index is 1.40. The molecule has 34 heavy (non-hydrogen) atoms. The van der Waals surface area contributed by atoms with Gasteiger partial charge in [0, 0.05) is 18.2 Å². The first kappa shape index (κ1) is 22.2. The maximum atomic E-state index is 13.1. The normalized spacial score (nSPS) is 17.6. The van der Waals surface area contributed by atoms with E-state index >= 15 is 0 Å². The van der Waals surface area contributed by atoms with Crippen molar-refractivity contribution < 1.29 is 14.3 Å². The summed E-state index contributed by atoms with van der Waals surface area (Å²) in [5.41, 5.74) is 2.01. The molecule has 1 atom stereocenters. The average molecular weight is 467 g/mol. The number of halogens is 1. The van der Waals surface area contributed by atoms with Crippen molar-refractivity contribution >= 4 is 29.2 Å². The van der Waals surface area contributed by atoms with Crippen LogP contribution in [0.3, 0.4) is 0 Å². The molecular weight excluding hydrogens is 439 g/mol. The number of aromatic amines is 1. The van der Waals surface area contributed by atoms with Gasteiger partial charge in [0.1, 0.15) is 17.5 Å². The number of pyridine rings is 1. The lowest BCUT2D eigenvalue weighted by Gasteiger charge is -2.25. The molecule has 1 aliphatic carbocycles. The molecule has 11 heteroatoms. The molecule has 10 nitrogen and oxygen atoms in total. The minimum absolute atomic E-state index is 0.202. The van der Waals surface area contributed by atoms with Gasteiger partial charge in [-0.15, -0.1) is 0 Å². The predicted octanol–water partition coefficient (Wildman–Crippen LogP) is 2.80. The third-order valence-corrected chi connectivity index (χ3v) is 6.21. The fraction of sp³-hybridized carbons (Fsp3) is 0.435. The molecule has 1 fully saturated rings. The molecule has 3 aromatic heterocycles. The number of hydrogen-bond acceptors (Lipinski definition) is 8. The van der Waals surface area contributed by atoms with Crippen LogP contribution >= 0.6 is 0 Å². The fourth-order valence-electron chi connectivity index (χ4n) is 4.43. The largest absolute Gasteiger partial charge is 0.384 e. The molecule has 1 aliphatic heterocycles. The number of fused-ring (bicyclic) bond motifs is 1. The lowest BCUT2D eigenvalue weighted by Crippen LogP contribution is -2.40. The van der Waals surface area contributed by atoms with Crippen molar-refractivity contribution in [2.75, 3.05) is 22.1 Å². The van der Waals surface area contributed by atoms with Crippen LogP contribution in [0.1, 0.15) is 50.1 Å². The lowest BCUT2D eigenvalue weighted by molar-refractivity contribution is -0.117. The SMILES string of the molecule is CC(C)(O)c1cc(Nc2nc(N3CCCC3C(=O)Nc3ccc(F)nc3)nc3c2CCC3)n[nH]1. The molecule has 5 rings (SSSR count). The highest BCUT2D eigenvalue weighted by Gasteiger charge is 2.34. The van der Waals surface area contributed by atoms with E-state index in [1.54, 1.807) is 19.9 Å². The van der Waals surface area contributed by atoms with E-state index in [1.807, 2.05) is 4.90 Å². The summed E-state index contributed by atoms with van der Waals surface area (Å²) >= 11 is 0. The standard InChI is InChI=1S/C23H27FN8O2/c1-23(2,34)17-11-19(31-30-17)28-20-14-5-3-6-15(14)27-22(29-20)32-10-4-7-16(32)21(33)26-13-8-9-18(24)25-12-13/h8-9,11-12,16,34H,3-7,10H2,1-2H3,(H,26,33)(H2,27,28,29,30,31). The zero-order chi connectivity index (χ0) is 23.9. The Bertz CT molecular complexity index is 1200. The number of anilines is 4.